The van der Waals surface area contributed by atoms with Crippen molar-refractivity contribution >= 4 is 5.91 Å². The predicted molar refractivity (Wildman–Crippen MR) is 113 cm³/mol. The first-order chi connectivity index (χ1) is 13.7. The molecule has 5 nitrogen and oxygen atoms in total. The molecule has 0 aliphatic heterocycles. The second kappa shape index (κ2) is 7.82. The molecule has 4 fully saturated rings. The maximum absolute atomic E-state index is 12.0. The Bertz CT molecular complexity index is 718. The number of nitrogens with one attached hydrogen (secondary N) is 1. The smallest absolute Gasteiger partial charge is 0.258 e. The third-order valence-corrected chi connectivity index (χ3v) is 6.96. The molecule has 4 aliphatic rings. The molecule has 5 heteroatoms. The maximum atomic E-state index is 12.0. The van der Waals surface area contributed by atoms with Crippen molar-refractivity contribution in [1.29, 1.82) is 0 Å². The van der Waals surface area contributed by atoms with Gasteiger partial charge in [0.1, 0.15) is 6.54 Å². The molecular formula is C24H37N2O3+. The first-order valence-corrected chi connectivity index (χ1v) is 11.2. The number of hydrogen-bond acceptors (Lipinski definition) is 3. The van der Waals surface area contributed by atoms with Gasteiger partial charge in [-0.2, -0.15) is 0 Å². The maximum Gasteiger partial charge on any atom is 0.258 e. The van der Waals surface area contributed by atoms with E-state index >= 15 is 0 Å². The van der Waals surface area contributed by atoms with E-state index in [4.69, 9.17) is 9.47 Å². The van der Waals surface area contributed by atoms with Gasteiger partial charge in [-0.15, -0.1) is 0 Å². The molecular weight excluding hydrogens is 364 g/mol. The molecule has 3 N–H and O–H groups in total. The van der Waals surface area contributed by atoms with Gasteiger partial charge in [0.2, 0.25) is 0 Å². The summed E-state index contributed by atoms with van der Waals surface area (Å²) in [5.41, 5.74) is 1.47. The molecule has 4 aliphatic carbocycles. The summed E-state index contributed by atoms with van der Waals surface area (Å²) in [5.74, 6) is 4.12. The van der Waals surface area contributed by atoms with Crippen LogP contribution >= 0.6 is 0 Å². The molecule has 0 radical (unpaired) electrons. The van der Waals surface area contributed by atoms with E-state index in [-0.39, 0.29) is 18.1 Å². The van der Waals surface area contributed by atoms with Gasteiger partial charge in [-0.25, -0.2) is 0 Å². The summed E-state index contributed by atoms with van der Waals surface area (Å²) in [4.78, 5) is 12.0. The topological polar surface area (TPSA) is 64.2 Å². The van der Waals surface area contributed by atoms with Crippen molar-refractivity contribution in [2.24, 2.45) is 17.8 Å². The van der Waals surface area contributed by atoms with Crippen molar-refractivity contribution in [3.8, 4) is 11.5 Å². The molecule has 1 amide bonds. The Kier molecular flexibility index (Phi) is 5.54. The number of carbonyl (C=O) groups is 1. The molecule has 160 valence electrons. The van der Waals surface area contributed by atoms with Crippen LogP contribution < -0.4 is 20.1 Å². The van der Waals surface area contributed by atoms with E-state index in [2.05, 4.69) is 22.8 Å². The largest absolute Gasteiger partial charge is 0.493 e. The molecule has 29 heavy (non-hydrogen) atoms. The van der Waals surface area contributed by atoms with E-state index in [1.807, 2.05) is 26.8 Å². The summed E-state index contributed by atoms with van der Waals surface area (Å²) in [6.07, 6.45) is 8.65. The number of methoxy groups -OCH3 is 1. The highest BCUT2D eigenvalue weighted by Crippen LogP contribution is 2.54. The summed E-state index contributed by atoms with van der Waals surface area (Å²) in [6.45, 7) is 6.85. The lowest BCUT2D eigenvalue weighted by atomic mass is 9.53. The van der Waals surface area contributed by atoms with Gasteiger partial charge in [0, 0.05) is 30.4 Å². The van der Waals surface area contributed by atoms with Gasteiger partial charge in [-0.1, -0.05) is 0 Å². The third-order valence-electron chi connectivity index (χ3n) is 6.96. The fourth-order valence-electron chi connectivity index (χ4n) is 6.32. The van der Waals surface area contributed by atoms with Gasteiger partial charge in [-0.3, -0.25) is 4.79 Å². The van der Waals surface area contributed by atoms with E-state index < -0.39 is 0 Å². The third kappa shape index (κ3) is 4.88. The van der Waals surface area contributed by atoms with E-state index in [1.165, 1.54) is 44.1 Å². The van der Waals surface area contributed by atoms with Crippen LogP contribution in [0.2, 0.25) is 0 Å². The second-order valence-electron chi connectivity index (χ2n) is 10.8. The number of amides is 1. The molecule has 0 atom stereocenters. The summed E-state index contributed by atoms with van der Waals surface area (Å²) < 4.78 is 11.3. The molecule has 0 saturated heterocycles. The predicted octanol–water partition coefficient (Wildman–Crippen LogP) is 3.02. The van der Waals surface area contributed by atoms with Crippen LogP contribution in [-0.4, -0.2) is 30.7 Å². The van der Waals surface area contributed by atoms with Crippen molar-refractivity contribution in [3.05, 3.63) is 23.8 Å². The van der Waals surface area contributed by atoms with Gasteiger partial charge in [0.15, 0.2) is 18.1 Å². The van der Waals surface area contributed by atoms with E-state index in [0.717, 1.165) is 24.3 Å². The Labute approximate surface area is 174 Å². The van der Waals surface area contributed by atoms with Crippen molar-refractivity contribution in [1.82, 2.24) is 5.32 Å². The van der Waals surface area contributed by atoms with E-state index in [9.17, 15) is 4.79 Å². The highest BCUT2D eigenvalue weighted by molar-refractivity contribution is 5.78. The average Bonchev–Trinajstić information content (AvgIpc) is 2.62. The van der Waals surface area contributed by atoms with Gasteiger partial charge < -0.3 is 20.1 Å². The Hall–Kier alpha value is -1.75. The van der Waals surface area contributed by atoms with Crippen molar-refractivity contribution < 1.29 is 19.6 Å². The van der Waals surface area contributed by atoms with Crippen LogP contribution in [0.3, 0.4) is 0 Å². The summed E-state index contributed by atoms with van der Waals surface area (Å²) in [6, 6.07) is 6.11. The van der Waals surface area contributed by atoms with Crippen LogP contribution in [0.4, 0.5) is 0 Å². The minimum Gasteiger partial charge on any atom is -0.493 e. The Morgan fingerprint density at radius 2 is 1.72 bits per heavy atom. The van der Waals surface area contributed by atoms with Crippen LogP contribution in [0.15, 0.2) is 18.2 Å². The van der Waals surface area contributed by atoms with Crippen molar-refractivity contribution in [2.75, 3.05) is 13.7 Å². The molecule has 0 unspecified atom stereocenters. The SMILES string of the molecule is COc1cc(C[NH2+]C23CC4CC(CC(C4)C2)C3)ccc1OCC(=O)NC(C)(C)C. The molecule has 5 rings (SSSR count). The lowest BCUT2D eigenvalue weighted by molar-refractivity contribution is -0.752. The van der Waals surface area contributed by atoms with Crippen LogP contribution in [-0.2, 0) is 11.3 Å². The number of ether oxygens (including phenoxy) is 2. The lowest BCUT2D eigenvalue weighted by Crippen LogP contribution is -2.97. The van der Waals surface area contributed by atoms with Crippen LogP contribution in [0.25, 0.3) is 0 Å². The molecule has 0 aromatic heterocycles. The molecule has 0 heterocycles. The first kappa shape index (κ1) is 20.5. The summed E-state index contributed by atoms with van der Waals surface area (Å²) in [5, 5.41) is 5.53. The Balaban J connectivity index is 1.35. The van der Waals surface area contributed by atoms with Crippen molar-refractivity contribution in [2.45, 2.75) is 76.9 Å². The number of rotatable bonds is 7. The normalized spacial score (nSPS) is 30.3. The Morgan fingerprint density at radius 1 is 1.10 bits per heavy atom. The average molecular weight is 402 g/mol. The zero-order valence-electron chi connectivity index (χ0n) is 18.4. The molecule has 0 spiro atoms. The number of quaternary nitrogens is 1. The summed E-state index contributed by atoms with van der Waals surface area (Å²) >= 11 is 0. The monoisotopic (exact) mass is 401 g/mol. The minimum absolute atomic E-state index is 0.00756. The van der Waals surface area contributed by atoms with E-state index in [1.54, 1.807) is 7.11 Å². The molecule has 1 aromatic carbocycles. The summed E-state index contributed by atoms with van der Waals surface area (Å²) in [7, 11) is 1.66. The lowest BCUT2D eigenvalue weighted by Gasteiger charge is -2.54. The van der Waals surface area contributed by atoms with E-state index in [0.29, 0.717) is 17.0 Å². The number of carbonyl (C=O) groups excluding carboxylic acids is 1. The zero-order chi connectivity index (χ0) is 20.6. The highest BCUT2D eigenvalue weighted by atomic mass is 16.5. The molecule has 4 saturated carbocycles. The van der Waals surface area contributed by atoms with Gasteiger partial charge in [0.05, 0.1) is 12.6 Å². The molecule has 1 aromatic rings. The molecule has 4 bridgehead atoms. The van der Waals surface area contributed by atoms with Gasteiger partial charge >= 0.3 is 0 Å². The van der Waals surface area contributed by atoms with Crippen LogP contribution in [0, 0.1) is 17.8 Å². The zero-order valence-corrected chi connectivity index (χ0v) is 18.4. The first-order valence-electron chi connectivity index (χ1n) is 11.2. The Morgan fingerprint density at radius 3 is 2.28 bits per heavy atom. The number of nitrogens with two attached hydrogens (primary N) is 1. The van der Waals surface area contributed by atoms with Crippen LogP contribution in [0.5, 0.6) is 11.5 Å². The fraction of sp³-hybridized carbons (Fsp3) is 0.708. The highest BCUT2D eigenvalue weighted by Gasteiger charge is 2.53. The number of benzene rings is 1. The van der Waals surface area contributed by atoms with Gasteiger partial charge in [0.25, 0.3) is 5.91 Å². The quantitative estimate of drug-likeness (QED) is 0.738. The minimum atomic E-state index is -0.262. The second-order valence-corrected chi connectivity index (χ2v) is 10.8. The number of hydrogen-bond donors (Lipinski definition) is 2. The fourth-order valence-corrected chi connectivity index (χ4v) is 6.32. The van der Waals surface area contributed by atoms with Crippen molar-refractivity contribution in [3.63, 3.8) is 0 Å². The van der Waals surface area contributed by atoms with Crippen LogP contribution in [0.1, 0.15) is 64.9 Å². The van der Waals surface area contributed by atoms with Gasteiger partial charge in [-0.05, 0) is 76.0 Å². The standard InChI is InChI=1S/C24H36N2O3/c1-23(2,3)26-22(27)15-29-20-6-5-16(10-21(20)28-4)14-25-24-11-17-7-18(12-24)9-19(8-17)13-24/h5-6,10,17-19,25H,7-9,11-15H2,1-4H3,(H,26,27)/p+1.